The molecule has 0 radical (unpaired) electrons. The first kappa shape index (κ1) is 14.9. The summed E-state index contributed by atoms with van der Waals surface area (Å²) in [6.45, 7) is 7.74. The van der Waals surface area contributed by atoms with Crippen molar-refractivity contribution in [1.29, 1.82) is 0 Å². The van der Waals surface area contributed by atoms with Crippen molar-refractivity contribution < 1.29 is 13.6 Å². The number of hydrogen-bond donors (Lipinski definition) is 0. The van der Waals surface area contributed by atoms with E-state index < -0.39 is 0 Å². The first-order valence-electron chi connectivity index (χ1n) is 7.58. The van der Waals surface area contributed by atoms with E-state index in [1.54, 1.807) is 0 Å². The van der Waals surface area contributed by atoms with Crippen LogP contribution in [-0.4, -0.2) is 13.2 Å². The van der Waals surface area contributed by atoms with Crippen molar-refractivity contribution in [3.05, 3.63) is 45.5 Å². The van der Waals surface area contributed by atoms with Gasteiger partial charge in [-0.2, -0.15) is 0 Å². The van der Waals surface area contributed by atoms with E-state index in [1.807, 2.05) is 32.9 Å². The fourth-order valence-corrected chi connectivity index (χ4v) is 2.78. The molecular formula is C18H20O4. The van der Waals surface area contributed by atoms with Gasteiger partial charge in [0.25, 0.3) is 0 Å². The summed E-state index contributed by atoms with van der Waals surface area (Å²) in [5, 5.41) is 2.01. The number of furan rings is 1. The summed E-state index contributed by atoms with van der Waals surface area (Å²) in [6, 6.07) is 5.51. The molecule has 4 heteroatoms. The van der Waals surface area contributed by atoms with Gasteiger partial charge in [0.05, 0.1) is 0 Å². The van der Waals surface area contributed by atoms with Crippen LogP contribution in [0, 0.1) is 20.8 Å². The molecule has 1 aliphatic heterocycles. The normalized spacial score (nSPS) is 14.3. The van der Waals surface area contributed by atoms with Crippen LogP contribution >= 0.6 is 0 Å². The zero-order chi connectivity index (χ0) is 15.7. The van der Waals surface area contributed by atoms with E-state index in [2.05, 4.69) is 0 Å². The summed E-state index contributed by atoms with van der Waals surface area (Å²) in [5.74, 6) is 0.860. The molecule has 4 nitrogen and oxygen atoms in total. The summed E-state index contributed by atoms with van der Waals surface area (Å²) in [7, 11) is 0. The van der Waals surface area contributed by atoms with Crippen LogP contribution in [0.25, 0.3) is 21.9 Å². The lowest BCUT2D eigenvalue weighted by Gasteiger charge is -2.03. The molecule has 1 fully saturated rings. The minimum absolute atomic E-state index is 0.319. The van der Waals surface area contributed by atoms with Crippen LogP contribution in [0.5, 0.6) is 0 Å². The largest absolute Gasteiger partial charge is 0.461 e. The number of fused-ring (bicyclic) bond motifs is 2. The molecule has 3 aromatic rings. The second kappa shape index (κ2) is 5.97. The van der Waals surface area contributed by atoms with Crippen LogP contribution in [0.15, 0.2) is 31.8 Å². The van der Waals surface area contributed by atoms with E-state index in [0.29, 0.717) is 5.58 Å². The summed E-state index contributed by atoms with van der Waals surface area (Å²) >= 11 is 0. The molecule has 0 saturated carbocycles. The van der Waals surface area contributed by atoms with Crippen molar-refractivity contribution in [1.82, 2.24) is 0 Å². The number of benzene rings is 1. The van der Waals surface area contributed by atoms with E-state index in [4.69, 9.17) is 13.6 Å². The standard InChI is InChI=1S/C14H12O3.C4H8O/c1-7-4-12(15)17-14-9(3)13-10(6-11(7)14)5-8(2)16-13;1-2-4-5-3-1/h4-6H,1-3H3;1-4H2. The van der Waals surface area contributed by atoms with Gasteiger partial charge in [-0.25, -0.2) is 4.79 Å². The predicted molar refractivity (Wildman–Crippen MR) is 86.5 cm³/mol. The van der Waals surface area contributed by atoms with Crippen LogP contribution < -0.4 is 5.63 Å². The Balaban J connectivity index is 0.000000246. The molecular weight excluding hydrogens is 280 g/mol. The summed E-state index contributed by atoms with van der Waals surface area (Å²) in [5.41, 5.74) is 2.91. The zero-order valence-corrected chi connectivity index (χ0v) is 13.2. The van der Waals surface area contributed by atoms with E-state index in [9.17, 15) is 4.79 Å². The molecule has 0 unspecified atom stereocenters. The third-order valence-electron chi connectivity index (χ3n) is 3.90. The monoisotopic (exact) mass is 300 g/mol. The maximum absolute atomic E-state index is 11.4. The third-order valence-corrected chi connectivity index (χ3v) is 3.90. The van der Waals surface area contributed by atoms with Crippen molar-refractivity contribution in [2.75, 3.05) is 13.2 Å². The zero-order valence-electron chi connectivity index (χ0n) is 13.2. The Kier molecular flexibility index (Phi) is 4.03. The molecule has 1 aromatic carbocycles. The predicted octanol–water partition coefficient (Wildman–Crippen LogP) is 4.26. The Labute approximate surface area is 128 Å². The van der Waals surface area contributed by atoms with Gasteiger partial charge < -0.3 is 13.6 Å². The first-order valence-corrected chi connectivity index (χ1v) is 7.58. The fraction of sp³-hybridized carbons (Fsp3) is 0.389. The molecule has 0 spiro atoms. The molecule has 3 heterocycles. The van der Waals surface area contributed by atoms with E-state index in [0.717, 1.165) is 46.5 Å². The Morgan fingerprint density at radius 1 is 0.909 bits per heavy atom. The van der Waals surface area contributed by atoms with Crippen LogP contribution in [0.4, 0.5) is 0 Å². The van der Waals surface area contributed by atoms with Gasteiger partial charge in [-0.1, -0.05) is 0 Å². The van der Waals surface area contributed by atoms with Gasteiger partial charge in [0.15, 0.2) is 0 Å². The second-order valence-corrected chi connectivity index (χ2v) is 5.72. The molecule has 4 rings (SSSR count). The number of rotatable bonds is 0. The summed E-state index contributed by atoms with van der Waals surface area (Å²) in [4.78, 5) is 11.4. The van der Waals surface area contributed by atoms with Gasteiger partial charge in [-0.05, 0) is 51.3 Å². The molecule has 0 N–H and O–H groups in total. The topological polar surface area (TPSA) is 52.6 Å². The highest BCUT2D eigenvalue weighted by Crippen LogP contribution is 2.30. The average Bonchev–Trinajstić information content (AvgIpc) is 3.12. The van der Waals surface area contributed by atoms with Crippen LogP contribution in [0.2, 0.25) is 0 Å². The minimum atomic E-state index is -0.319. The quantitative estimate of drug-likeness (QED) is 0.582. The van der Waals surface area contributed by atoms with E-state index in [1.165, 1.54) is 18.9 Å². The molecule has 2 aromatic heterocycles. The highest BCUT2D eigenvalue weighted by atomic mass is 16.5. The van der Waals surface area contributed by atoms with Crippen LogP contribution in [-0.2, 0) is 4.74 Å². The van der Waals surface area contributed by atoms with Gasteiger partial charge in [-0.3, -0.25) is 0 Å². The summed E-state index contributed by atoms with van der Waals surface area (Å²) in [6.07, 6.45) is 2.56. The van der Waals surface area contributed by atoms with Gasteiger partial charge in [0.1, 0.15) is 16.9 Å². The van der Waals surface area contributed by atoms with Crippen molar-refractivity contribution in [2.45, 2.75) is 33.6 Å². The van der Waals surface area contributed by atoms with Crippen LogP contribution in [0.1, 0.15) is 29.7 Å². The van der Waals surface area contributed by atoms with Crippen molar-refractivity contribution >= 4 is 21.9 Å². The Morgan fingerprint density at radius 2 is 1.64 bits per heavy atom. The minimum Gasteiger partial charge on any atom is -0.461 e. The van der Waals surface area contributed by atoms with Crippen molar-refractivity contribution in [3.63, 3.8) is 0 Å². The molecule has 0 amide bonds. The number of hydrogen-bond acceptors (Lipinski definition) is 4. The van der Waals surface area contributed by atoms with Gasteiger partial charge in [0, 0.05) is 35.6 Å². The lowest BCUT2D eigenvalue weighted by atomic mass is 10.1. The molecule has 0 bridgehead atoms. The molecule has 22 heavy (non-hydrogen) atoms. The maximum atomic E-state index is 11.4. The Hall–Kier alpha value is -2.07. The molecule has 0 aliphatic carbocycles. The van der Waals surface area contributed by atoms with Crippen molar-refractivity contribution in [2.24, 2.45) is 0 Å². The number of ether oxygens (including phenoxy) is 1. The first-order chi connectivity index (χ1) is 10.6. The third kappa shape index (κ3) is 2.79. The SMILES string of the molecule is C1CCOC1.Cc1cc2cc3c(C)cc(=O)oc3c(C)c2o1. The van der Waals surface area contributed by atoms with E-state index in [-0.39, 0.29) is 5.63 Å². The fourth-order valence-electron chi connectivity index (χ4n) is 2.78. The molecule has 116 valence electrons. The second-order valence-electron chi connectivity index (χ2n) is 5.72. The molecule has 0 atom stereocenters. The average molecular weight is 300 g/mol. The van der Waals surface area contributed by atoms with Crippen molar-refractivity contribution in [3.8, 4) is 0 Å². The lowest BCUT2D eigenvalue weighted by molar-refractivity contribution is 0.198. The smallest absolute Gasteiger partial charge is 0.336 e. The number of aryl methyl sites for hydroxylation is 3. The van der Waals surface area contributed by atoms with Gasteiger partial charge in [-0.15, -0.1) is 0 Å². The lowest BCUT2D eigenvalue weighted by Crippen LogP contribution is -1.98. The molecule has 1 saturated heterocycles. The Morgan fingerprint density at radius 3 is 2.27 bits per heavy atom. The van der Waals surface area contributed by atoms with Gasteiger partial charge in [0.2, 0.25) is 0 Å². The molecule has 1 aliphatic rings. The highest BCUT2D eigenvalue weighted by molar-refractivity contribution is 5.98. The highest BCUT2D eigenvalue weighted by Gasteiger charge is 2.12. The van der Waals surface area contributed by atoms with Crippen LogP contribution in [0.3, 0.4) is 0 Å². The maximum Gasteiger partial charge on any atom is 0.336 e. The van der Waals surface area contributed by atoms with Gasteiger partial charge >= 0.3 is 5.63 Å². The summed E-state index contributed by atoms with van der Waals surface area (Å²) < 4.78 is 15.8. The Bertz CT molecular complexity index is 858. The van der Waals surface area contributed by atoms with E-state index >= 15 is 0 Å².